The van der Waals surface area contributed by atoms with Crippen LogP contribution in [0, 0.1) is 12.8 Å². The van der Waals surface area contributed by atoms with E-state index in [4.69, 9.17) is 9.47 Å². The highest BCUT2D eigenvalue weighted by Gasteiger charge is 2.33. The fourth-order valence-corrected chi connectivity index (χ4v) is 3.84. The summed E-state index contributed by atoms with van der Waals surface area (Å²) in [6, 6.07) is 17.9. The van der Waals surface area contributed by atoms with Crippen molar-refractivity contribution < 1.29 is 19.1 Å². The second-order valence-corrected chi connectivity index (χ2v) is 8.06. The van der Waals surface area contributed by atoms with Crippen molar-refractivity contribution >= 4 is 11.9 Å². The number of hydrogen-bond donors (Lipinski definition) is 0. The Kier molecular flexibility index (Phi) is 6.95. The van der Waals surface area contributed by atoms with Crippen molar-refractivity contribution in [2.24, 2.45) is 5.92 Å². The van der Waals surface area contributed by atoms with E-state index in [-0.39, 0.29) is 17.0 Å². The smallest absolute Gasteiger partial charge is 0.340 e. The van der Waals surface area contributed by atoms with Crippen molar-refractivity contribution in [3.63, 3.8) is 0 Å². The highest BCUT2D eigenvalue weighted by molar-refractivity contribution is 6.09. The van der Waals surface area contributed by atoms with Crippen molar-refractivity contribution in [2.45, 2.75) is 33.7 Å². The summed E-state index contributed by atoms with van der Waals surface area (Å²) in [6.07, 6.45) is 0.618. The van der Waals surface area contributed by atoms with Gasteiger partial charge >= 0.3 is 11.9 Å². The molecule has 162 valence electrons. The number of nitrogens with zero attached hydrogens (tertiary/aromatic N) is 1. The van der Waals surface area contributed by atoms with Crippen molar-refractivity contribution in [3.8, 4) is 11.3 Å². The molecule has 0 atom stereocenters. The fourth-order valence-electron chi connectivity index (χ4n) is 3.84. The Hall–Kier alpha value is -3.34. The van der Waals surface area contributed by atoms with E-state index in [1.807, 2.05) is 61.5 Å². The van der Waals surface area contributed by atoms with Gasteiger partial charge in [-0.05, 0) is 30.4 Å². The molecule has 5 heteroatoms. The molecule has 0 unspecified atom stereocenters. The lowest BCUT2D eigenvalue weighted by molar-refractivity contribution is 0.0556. The molecule has 0 aliphatic carbocycles. The molecule has 0 spiro atoms. The van der Waals surface area contributed by atoms with E-state index in [1.165, 1.54) is 14.2 Å². The van der Waals surface area contributed by atoms with Gasteiger partial charge in [0.05, 0.1) is 25.5 Å². The van der Waals surface area contributed by atoms with Gasteiger partial charge in [0.2, 0.25) is 0 Å². The van der Waals surface area contributed by atoms with E-state index < -0.39 is 11.9 Å². The predicted octanol–water partition coefficient (Wildman–Crippen LogP) is 5.28. The lowest BCUT2D eigenvalue weighted by atomic mass is 10.00. The quantitative estimate of drug-likeness (QED) is 0.489. The summed E-state index contributed by atoms with van der Waals surface area (Å²) in [5.41, 5.74) is 5.03. The third-order valence-corrected chi connectivity index (χ3v) is 5.26. The van der Waals surface area contributed by atoms with Crippen molar-refractivity contribution in [1.82, 2.24) is 4.57 Å². The number of aryl methyl sites for hydroxylation is 1. The molecule has 0 radical (unpaired) electrons. The first-order valence-electron chi connectivity index (χ1n) is 10.4. The molecule has 0 fully saturated rings. The summed E-state index contributed by atoms with van der Waals surface area (Å²) < 4.78 is 12.3. The molecule has 1 heterocycles. The average molecular weight is 420 g/mol. The maximum atomic E-state index is 13.0. The van der Waals surface area contributed by atoms with Gasteiger partial charge in [-0.15, -0.1) is 0 Å². The van der Waals surface area contributed by atoms with Gasteiger partial charge in [0.1, 0.15) is 5.56 Å². The molecule has 0 bridgehead atoms. The Balaban J connectivity index is 2.40. The van der Waals surface area contributed by atoms with E-state index in [2.05, 4.69) is 18.4 Å². The van der Waals surface area contributed by atoms with Gasteiger partial charge in [-0.3, -0.25) is 0 Å². The molecule has 1 aromatic heterocycles. The first kappa shape index (κ1) is 22.3. The maximum absolute atomic E-state index is 13.0. The number of benzene rings is 2. The first-order chi connectivity index (χ1) is 14.9. The molecule has 31 heavy (non-hydrogen) atoms. The largest absolute Gasteiger partial charge is 0.465 e. The molecular formula is C26H29NO4. The number of methoxy groups -OCH3 is 2. The van der Waals surface area contributed by atoms with Crippen LogP contribution in [0.2, 0.25) is 0 Å². The Morgan fingerprint density at radius 1 is 0.871 bits per heavy atom. The third kappa shape index (κ3) is 4.71. The SMILES string of the molecule is COC(=O)c1c(C(=O)OC)c(-c2ccc(C)cc2)n(Cc2ccccc2)c1CC(C)C. The van der Waals surface area contributed by atoms with E-state index in [0.717, 1.165) is 22.4 Å². The second kappa shape index (κ2) is 9.65. The number of carbonyl (C=O) groups is 2. The molecular weight excluding hydrogens is 390 g/mol. The van der Waals surface area contributed by atoms with Gasteiger partial charge in [-0.1, -0.05) is 74.0 Å². The molecule has 5 nitrogen and oxygen atoms in total. The molecule has 3 rings (SSSR count). The molecule has 0 amide bonds. The Labute approximate surface area is 183 Å². The minimum atomic E-state index is -0.548. The van der Waals surface area contributed by atoms with Crippen molar-refractivity contribution in [3.05, 3.63) is 82.5 Å². The van der Waals surface area contributed by atoms with E-state index in [1.54, 1.807) is 0 Å². The molecule has 0 aliphatic rings. The van der Waals surface area contributed by atoms with Crippen molar-refractivity contribution in [2.75, 3.05) is 14.2 Å². The number of rotatable bonds is 7. The Morgan fingerprint density at radius 3 is 2.00 bits per heavy atom. The first-order valence-corrected chi connectivity index (χ1v) is 10.4. The summed E-state index contributed by atoms with van der Waals surface area (Å²) in [5, 5.41) is 0. The van der Waals surface area contributed by atoms with Crippen LogP contribution in [0.1, 0.15) is 51.4 Å². The zero-order valence-corrected chi connectivity index (χ0v) is 18.8. The van der Waals surface area contributed by atoms with Crippen LogP contribution in [0.5, 0.6) is 0 Å². The van der Waals surface area contributed by atoms with Gasteiger partial charge in [-0.2, -0.15) is 0 Å². The number of carbonyl (C=O) groups excluding carboxylic acids is 2. The summed E-state index contributed by atoms with van der Waals surface area (Å²) in [5.74, 6) is -0.812. The summed E-state index contributed by atoms with van der Waals surface area (Å²) in [6.45, 7) is 6.71. The predicted molar refractivity (Wildman–Crippen MR) is 121 cm³/mol. The van der Waals surface area contributed by atoms with E-state index in [0.29, 0.717) is 18.7 Å². The molecule has 0 N–H and O–H groups in total. The Bertz CT molecular complexity index is 1060. The van der Waals surface area contributed by atoms with Gasteiger partial charge in [-0.25, -0.2) is 9.59 Å². The van der Waals surface area contributed by atoms with Crippen LogP contribution in [0.3, 0.4) is 0 Å². The van der Waals surface area contributed by atoms with Gasteiger partial charge in [0.25, 0.3) is 0 Å². The summed E-state index contributed by atoms with van der Waals surface area (Å²) >= 11 is 0. The third-order valence-electron chi connectivity index (χ3n) is 5.26. The van der Waals surface area contributed by atoms with Crippen LogP contribution < -0.4 is 0 Å². The summed E-state index contributed by atoms with van der Waals surface area (Å²) in [7, 11) is 2.67. The standard InChI is InChI=1S/C26H29NO4/c1-17(2)15-21-22(25(28)30-4)23(26(29)31-5)24(20-13-11-18(3)12-14-20)27(21)16-19-9-7-6-8-10-19/h6-14,17H,15-16H2,1-5H3. The minimum absolute atomic E-state index is 0.254. The van der Waals surface area contributed by atoms with Gasteiger partial charge in [0, 0.05) is 12.2 Å². The average Bonchev–Trinajstić information content (AvgIpc) is 3.07. The highest BCUT2D eigenvalue weighted by Crippen LogP contribution is 2.35. The molecule has 0 saturated heterocycles. The zero-order valence-electron chi connectivity index (χ0n) is 18.8. The molecule has 2 aromatic carbocycles. The highest BCUT2D eigenvalue weighted by atomic mass is 16.5. The van der Waals surface area contributed by atoms with E-state index >= 15 is 0 Å². The fraction of sp³-hybridized carbons (Fsp3) is 0.308. The number of hydrogen-bond acceptors (Lipinski definition) is 4. The van der Waals surface area contributed by atoms with Gasteiger partial charge < -0.3 is 14.0 Å². The number of esters is 2. The molecule has 0 saturated carbocycles. The van der Waals surface area contributed by atoms with Crippen LogP contribution in [0.4, 0.5) is 0 Å². The zero-order chi connectivity index (χ0) is 22.5. The number of aromatic nitrogens is 1. The van der Waals surface area contributed by atoms with Crippen LogP contribution in [0.15, 0.2) is 54.6 Å². The number of ether oxygens (including phenoxy) is 2. The Morgan fingerprint density at radius 2 is 1.45 bits per heavy atom. The van der Waals surface area contributed by atoms with Crippen LogP contribution in [0.25, 0.3) is 11.3 Å². The summed E-state index contributed by atoms with van der Waals surface area (Å²) in [4.78, 5) is 25.9. The van der Waals surface area contributed by atoms with E-state index in [9.17, 15) is 9.59 Å². The maximum Gasteiger partial charge on any atom is 0.340 e. The lowest BCUT2D eigenvalue weighted by Gasteiger charge is -2.16. The minimum Gasteiger partial charge on any atom is -0.465 e. The second-order valence-electron chi connectivity index (χ2n) is 8.06. The lowest BCUT2D eigenvalue weighted by Crippen LogP contribution is -2.14. The monoisotopic (exact) mass is 419 g/mol. The van der Waals surface area contributed by atoms with Crippen LogP contribution >= 0.6 is 0 Å². The molecule has 3 aromatic rings. The van der Waals surface area contributed by atoms with Crippen molar-refractivity contribution in [1.29, 1.82) is 0 Å². The molecule has 0 aliphatic heterocycles. The van der Waals surface area contributed by atoms with Crippen LogP contribution in [-0.2, 0) is 22.4 Å². The van der Waals surface area contributed by atoms with Crippen LogP contribution in [-0.4, -0.2) is 30.7 Å². The normalized spacial score (nSPS) is 10.9. The van der Waals surface area contributed by atoms with Gasteiger partial charge in [0.15, 0.2) is 0 Å². The topological polar surface area (TPSA) is 57.5 Å².